The lowest BCUT2D eigenvalue weighted by Gasteiger charge is -2.40. The fraction of sp³-hybridized carbons (Fsp3) is 0.471. The summed E-state index contributed by atoms with van der Waals surface area (Å²) in [7, 11) is 0. The van der Waals surface area contributed by atoms with Crippen LogP contribution in [0.15, 0.2) is 35.7 Å². The highest BCUT2D eigenvalue weighted by Gasteiger charge is 2.39. The van der Waals surface area contributed by atoms with E-state index in [0.717, 1.165) is 0 Å². The highest BCUT2D eigenvalue weighted by molar-refractivity contribution is 5.46. The van der Waals surface area contributed by atoms with Gasteiger partial charge in [-0.25, -0.2) is 13.2 Å². The number of rotatable bonds is 2. The predicted octanol–water partition coefficient (Wildman–Crippen LogP) is 3.32. The minimum absolute atomic E-state index is 0.0565. The standard InChI is InChI=1S/C17H16F6N6/c18-10-6-12(20)11(19)5-9(10)8-3-4-28(7-13(8)24)15-2-1-14-25-26-16(17(21,22)23)29(14)27-15/h1-2,6,8-9,13H,3-5,7,24H2/t8-,9?,13?/m1/s1. The van der Waals surface area contributed by atoms with Gasteiger partial charge in [-0.1, -0.05) is 0 Å². The summed E-state index contributed by atoms with van der Waals surface area (Å²) >= 11 is 0. The Morgan fingerprint density at radius 1 is 1.10 bits per heavy atom. The molecular formula is C17H16F6N6. The molecule has 3 atom stereocenters. The number of nitrogens with zero attached hydrogens (tertiary/aromatic N) is 5. The maximum atomic E-state index is 14.2. The van der Waals surface area contributed by atoms with Crippen molar-refractivity contribution in [1.29, 1.82) is 0 Å². The average Bonchev–Trinajstić information content (AvgIpc) is 3.08. The third kappa shape index (κ3) is 3.56. The topological polar surface area (TPSA) is 72.3 Å². The summed E-state index contributed by atoms with van der Waals surface area (Å²) in [6, 6.07) is 2.24. The highest BCUT2D eigenvalue weighted by atomic mass is 19.4. The number of hydrogen-bond donors (Lipinski definition) is 1. The van der Waals surface area contributed by atoms with Crippen LogP contribution in [0.4, 0.5) is 32.2 Å². The lowest BCUT2D eigenvalue weighted by molar-refractivity contribution is -0.146. The van der Waals surface area contributed by atoms with E-state index in [4.69, 9.17) is 5.73 Å². The molecule has 29 heavy (non-hydrogen) atoms. The lowest BCUT2D eigenvalue weighted by Crippen LogP contribution is -2.51. The fourth-order valence-corrected chi connectivity index (χ4v) is 3.88. The van der Waals surface area contributed by atoms with Gasteiger partial charge in [0.25, 0.3) is 5.82 Å². The Balaban J connectivity index is 1.54. The molecule has 156 valence electrons. The van der Waals surface area contributed by atoms with Crippen LogP contribution >= 0.6 is 0 Å². The fourth-order valence-electron chi connectivity index (χ4n) is 3.88. The molecule has 2 aromatic rings. The number of alkyl halides is 3. The molecule has 2 aliphatic rings. The monoisotopic (exact) mass is 418 g/mol. The normalized spacial score (nSPS) is 26.2. The van der Waals surface area contributed by atoms with Gasteiger partial charge < -0.3 is 10.6 Å². The number of anilines is 1. The molecule has 1 saturated heterocycles. The second kappa shape index (κ2) is 7.01. The molecule has 4 rings (SSSR count). The quantitative estimate of drug-likeness (QED) is 0.758. The zero-order valence-corrected chi connectivity index (χ0v) is 14.9. The molecule has 2 aromatic heterocycles. The minimum atomic E-state index is -4.72. The Bertz CT molecular complexity index is 996. The number of halogens is 6. The third-order valence-corrected chi connectivity index (χ3v) is 5.33. The summed E-state index contributed by atoms with van der Waals surface area (Å²) < 4.78 is 80.7. The van der Waals surface area contributed by atoms with Crippen molar-refractivity contribution < 1.29 is 26.3 Å². The summed E-state index contributed by atoms with van der Waals surface area (Å²) in [4.78, 5) is 1.66. The molecule has 2 unspecified atom stereocenters. The van der Waals surface area contributed by atoms with Crippen molar-refractivity contribution >= 4 is 11.5 Å². The van der Waals surface area contributed by atoms with E-state index >= 15 is 0 Å². The van der Waals surface area contributed by atoms with Crippen molar-refractivity contribution in [2.75, 3.05) is 18.0 Å². The zero-order chi connectivity index (χ0) is 20.9. The van der Waals surface area contributed by atoms with E-state index < -0.39 is 53.8 Å². The summed E-state index contributed by atoms with van der Waals surface area (Å²) in [6.07, 6.45) is -4.22. The molecule has 0 radical (unpaired) electrons. The van der Waals surface area contributed by atoms with E-state index in [0.29, 0.717) is 23.6 Å². The number of piperidine rings is 1. The first-order valence-corrected chi connectivity index (χ1v) is 8.86. The highest BCUT2D eigenvalue weighted by Crippen LogP contribution is 2.40. The zero-order valence-electron chi connectivity index (χ0n) is 14.9. The van der Waals surface area contributed by atoms with Crippen molar-refractivity contribution in [2.45, 2.75) is 25.1 Å². The van der Waals surface area contributed by atoms with Crippen LogP contribution in [-0.2, 0) is 6.18 Å². The number of fused-ring (bicyclic) bond motifs is 1. The van der Waals surface area contributed by atoms with E-state index in [2.05, 4.69) is 15.3 Å². The van der Waals surface area contributed by atoms with Gasteiger partial charge in [0.15, 0.2) is 11.5 Å². The maximum absolute atomic E-state index is 14.2. The first kappa shape index (κ1) is 19.7. The number of aromatic nitrogens is 4. The van der Waals surface area contributed by atoms with Gasteiger partial charge in [0, 0.05) is 37.5 Å². The van der Waals surface area contributed by atoms with E-state index in [-0.39, 0.29) is 18.0 Å². The Morgan fingerprint density at radius 3 is 2.55 bits per heavy atom. The molecule has 0 amide bonds. The van der Waals surface area contributed by atoms with Crippen molar-refractivity contribution in [1.82, 2.24) is 19.8 Å². The Labute approximate surface area is 160 Å². The summed E-state index contributed by atoms with van der Waals surface area (Å²) in [6.45, 7) is 0.488. The van der Waals surface area contributed by atoms with Crippen LogP contribution in [0.1, 0.15) is 18.7 Å². The molecule has 0 bridgehead atoms. The molecule has 2 N–H and O–H groups in total. The van der Waals surface area contributed by atoms with Crippen LogP contribution in [0.2, 0.25) is 0 Å². The van der Waals surface area contributed by atoms with E-state index in [9.17, 15) is 26.3 Å². The van der Waals surface area contributed by atoms with Crippen LogP contribution in [-0.4, -0.2) is 38.9 Å². The molecule has 12 heteroatoms. The van der Waals surface area contributed by atoms with Crippen LogP contribution in [0.5, 0.6) is 0 Å². The van der Waals surface area contributed by atoms with E-state index in [1.54, 1.807) is 4.90 Å². The van der Waals surface area contributed by atoms with Gasteiger partial charge in [0.1, 0.15) is 17.5 Å². The largest absolute Gasteiger partial charge is 0.453 e. The van der Waals surface area contributed by atoms with E-state index in [1.165, 1.54) is 12.1 Å². The predicted molar refractivity (Wildman–Crippen MR) is 90.6 cm³/mol. The van der Waals surface area contributed by atoms with Crippen LogP contribution in [0, 0.1) is 11.8 Å². The SMILES string of the molecule is NC1CN(c2ccc3nnc(C(F)(F)F)n3n2)CC[C@@H]1C1CC(F)=C(F)C=C1F. The smallest absolute Gasteiger partial charge is 0.354 e. The molecule has 0 saturated carbocycles. The molecular weight excluding hydrogens is 402 g/mol. The molecule has 1 aliphatic heterocycles. The van der Waals surface area contributed by atoms with Crippen LogP contribution < -0.4 is 10.6 Å². The summed E-state index contributed by atoms with van der Waals surface area (Å²) in [5.41, 5.74) is 6.11. The van der Waals surface area contributed by atoms with Crippen LogP contribution in [0.3, 0.4) is 0 Å². The molecule has 0 spiro atoms. The van der Waals surface area contributed by atoms with Crippen LogP contribution in [0.25, 0.3) is 5.65 Å². The van der Waals surface area contributed by atoms with E-state index in [1.807, 2.05) is 0 Å². The van der Waals surface area contributed by atoms with Gasteiger partial charge in [0.05, 0.1) is 0 Å². The van der Waals surface area contributed by atoms with Crippen molar-refractivity contribution in [2.24, 2.45) is 17.6 Å². The van der Waals surface area contributed by atoms with Crippen molar-refractivity contribution in [3.63, 3.8) is 0 Å². The molecule has 3 heterocycles. The van der Waals surface area contributed by atoms with Gasteiger partial charge in [-0.3, -0.25) is 0 Å². The Hall–Kier alpha value is -2.63. The van der Waals surface area contributed by atoms with Gasteiger partial charge in [-0.2, -0.15) is 17.7 Å². The first-order valence-electron chi connectivity index (χ1n) is 8.86. The lowest BCUT2D eigenvalue weighted by atomic mass is 9.77. The maximum Gasteiger partial charge on any atom is 0.453 e. The number of hydrogen-bond acceptors (Lipinski definition) is 5. The molecule has 1 aliphatic carbocycles. The van der Waals surface area contributed by atoms with Crippen molar-refractivity contribution in [3.8, 4) is 0 Å². The van der Waals surface area contributed by atoms with Gasteiger partial charge in [-0.15, -0.1) is 15.3 Å². The second-order valence-corrected chi connectivity index (χ2v) is 7.14. The molecule has 1 fully saturated rings. The minimum Gasteiger partial charge on any atom is -0.354 e. The van der Waals surface area contributed by atoms with Gasteiger partial charge in [0.2, 0.25) is 0 Å². The number of allylic oxidation sites excluding steroid dienone is 4. The third-order valence-electron chi connectivity index (χ3n) is 5.33. The second-order valence-electron chi connectivity index (χ2n) is 7.14. The summed E-state index contributed by atoms with van der Waals surface area (Å²) in [5, 5.41) is 10.6. The van der Waals surface area contributed by atoms with Gasteiger partial charge >= 0.3 is 6.18 Å². The Morgan fingerprint density at radius 2 is 1.86 bits per heavy atom. The summed E-state index contributed by atoms with van der Waals surface area (Å²) in [5.74, 6) is -5.29. The number of nitrogens with two attached hydrogens (primary N) is 1. The first-order chi connectivity index (χ1) is 13.6. The average molecular weight is 418 g/mol. The molecule has 0 aromatic carbocycles. The Kier molecular flexibility index (Phi) is 4.75. The van der Waals surface area contributed by atoms with Gasteiger partial charge in [-0.05, 0) is 24.5 Å². The van der Waals surface area contributed by atoms with Crippen molar-refractivity contribution in [3.05, 3.63) is 41.5 Å². The molecule has 6 nitrogen and oxygen atoms in total.